The highest BCUT2D eigenvalue weighted by Gasteiger charge is 2.15. The first-order valence-electron chi connectivity index (χ1n) is 7.89. The molecule has 2 aromatic carbocycles. The molecule has 2 aromatic rings. The Kier molecular flexibility index (Phi) is 6.43. The second-order valence-corrected chi connectivity index (χ2v) is 5.53. The van der Waals surface area contributed by atoms with Crippen molar-refractivity contribution >= 4 is 17.6 Å². The van der Waals surface area contributed by atoms with Crippen molar-refractivity contribution in [2.24, 2.45) is 0 Å². The van der Waals surface area contributed by atoms with Crippen LogP contribution in [0.25, 0.3) is 0 Å². The first-order valence-corrected chi connectivity index (χ1v) is 7.89. The maximum atomic E-state index is 12.4. The van der Waals surface area contributed by atoms with Crippen molar-refractivity contribution < 1.29 is 28.9 Å². The molecule has 0 aliphatic rings. The minimum absolute atomic E-state index is 0.0872. The van der Waals surface area contributed by atoms with Crippen LogP contribution in [0, 0.1) is 6.92 Å². The van der Waals surface area contributed by atoms with Crippen molar-refractivity contribution in [2.45, 2.75) is 13.3 Å². The molecule has 0 radical (unpaired) electrons. The Morgan fingerprint density at radius 1 is 1.08 bits per heavy atom. The third kappa shape index (κ3) is 4.89. The number of amides is 1. The zero-order valence-electron chi connectivity index (χ0n) is 14.9. The van der Waals surface area contributed by atoms with Crippen LogP contribution in [0.4, 0.5) is 5.69 Å². The molecule has 138 valence electrons. The Hall–Kier alpha value is -3.22. The Morgan fingerprint density at radius 2 is 1.73 bits per heavy atom. The molecule has 0 spiro atoms. The molecule has 0 saturated heterocycles. The normalized spacial score (nSPS) is 10.1. The van der Waals surface area contributed by atoms with Gasteiger partial charge in [0.25, 0.3) is 0 Å². The SMILES string of the molecule is COc1cccc(OC)c1CC(=O)Nc1ccc(OCC(=O)O)cc1C. The summed E-state index contributed by atoms with van der Waals surface area (Å²) in [4.78, 5) is 23.0. The predicted octanol–water partition coefficient (Wildman–Crippen LogP) is 2.66. The molecule has 0 saturated carbocycles. The molecule has 7 nitrogen and oxygen atoms in total. The number of nitrogens with one attached hydrogen (secondary N) is 1. The summed E-state index contributed by atoms with van der Waals surface area (Å²) in [5, 5.41) is 11.5. The summed E-state index contributed by atoms with van der Waals surface area (Å²) in [6.45, 7) is 1.38. The summed E-state index contributed by atoms with van der Waals surface area (Å²) in [6.07, 6.45) is 0.0872. The molecule has 0 aliphatic carbocycles. The van der Waals surface area contributed by atoms with Crippen molar-refractivity contribution in [3.05, 3.63) is 47.5 Å². The lowest BCUT2D eigenvalue weighted by atomic mass is 10.1. The lowest BCUT2D eigenvalue weighted by Crippen LogP contribution is -2.16. The zero-order chi connectivity index (χ0) is 19.1. The molecule has 1 amide bonds. The monoisotopic (exact) mass is 359 g/mol. The molecule has 2 rings (SSSR count). The molecular formula is C19H21NO6. The molecule has 0 heterocycles. The van der Waals surface area contributed by atoms with E-state index in [2.05, 4.69) is 5.32 Å². The van der Waals surface area contributed by atoms with Crippen LogP contribution in [0.1, 0.15) is 11.1 Å². The summed E-state index contributed by atoms with van der Waals surface area (Å²) >= 11 is 0. The molecule has 7 heteroatoms. The van der Waals surface area contributed by atoms with Crippen LogP contribution in [0.5, 0.6) is 17.2 Å². The summed E-state index contributed by atoms with van der Waals surface area (Å²) < 4.78 is 15.7. The van der Waals surface area contributed by atoms with E-state index >= 15 is 0 Å². The number of carboxylic acids is 1. The molecule has 0 unspecified atom stereocenters. The van der Waals surface area contributed by atoms with E-state index in [9.17, 15) is 9.59 Å². The van der Waals surface area contributed by atoms with Crippen molar-refractivity contribution in [2.75, 3.05) is 26.1 Å². The number of rotatable bonds is 8. The van der Waals surface area contributed by atoms with Gasteiger partial charge in [-0.1, -0.05) is 6.07 Å². The highest BCUT2D eigenvalue weighted by atomic mass is 16.5. The average Bonchev–Trinajstić information content (AvgIpc) is 2.62. The van der Waals surface area contributed by atoms with Gasteiger partial charge >= 0.3 is 5.97 Å². The van der Waals surface area contributed by atoms with Crippen LogP contribution < -0.4 is 19.5 Å². The quantitative estimate of drug-likeness (QED) is 0.753. The van der Waals surface area contributed by atoms with Gasteiger partial charge in [0.05, 0.1) is 20.6 Å². The Bertz CT molecular complexity index is 780. The van der Waals surface area contributed by atoms with Gasteiger partial charge in [-0.05, 0) is 42.8 Å². The van der Waals surface area contributed by atoms with Crippen LogP contribution in [0.3, 0.4) is 0 Å². The van der Waals surface area contributed by atoms with Crippen LogP contribution in [0.15, 0.2) is 36.4 Å². The smallest absolute Gasteiger partial charge is 0.341 e. The minimum Gasteiger partial charge on any atom is -0.496 e. The van der Waals surface area contributed by atoms with Crippen molar-refractivity contribution in [1.29, 1.82) is 0 Å². The fraction of sp³-hybridized carbons (Fsp3) is 0.263. The van der Waals surface area contributed by atoms with Gasteiger partial charge in [-0.3, -0.25) is 4.79 Å². The Balaban J connectivity index is 2.10. The Labute approximate surface area is 151 Å². The van der Waals surface area contributed by atoms with Gasteiger partial charge < -0.3 is 24.6 Å². The van der Waals surface area contributed by atoms with Gasteiger partial charge in [0.1, 0.15) is 17.2 Å². The number of hydrogen-bond donors (Lipinski definition) is 2. The van der Waals surface area contributed by atoms with Crippen LogP contribution >= 0.6 is 0 Å². The lowest BCUT2D eigenvalue weighted by Gasteiger charge is -2.14. The molecule has 0 aliphatic heterocycles. The number of methoxy groups -OCH3 is 2. The fourth-order valence-electron chi connectivity index (χ4n) is 2.47. The summed E-state index contributed by atoms with van der Waals surface area (Å²) in [7, 11) is 3.08. The minimum atomic E-state index is -1.05. The number of carbonyl (C=O) groups excluding carboxylic acids is 1. The van der Waals surface area contributed by atoms with E-state index in [0.717, 1.165) is 5.56 Å². The second-order valence-electron chi connectivity index (χ2n) is 5.53. The van der Waals surface area contributed by atoms with E-state index in [0.29, 0.717) is 28.5 Å². The van der Waals surface area contributed by atoms with E-state index < -0.39 is 12.6 Å². The molecule has 0 atom stereocenters. The molecule has 0 bridgehead atoms. The van der Waals surface area contributed by atoms with Crippen LogP contribution in [0.2, 0.25) is 0 Å². The first-order chi connectivity index (χ1) is 12.4. The molecule has 26 heavy (non-hydrogen) atoms. The van der Waals surface area contributed by atoms with E-state index in [4.69, 9.17) is 19.3 Å². The third-order valence-corrected chi connectivity index (χ3v) is 3.70. The van der Waals surface area contributed by atoms with Crippen molar-refractivity contribution in [3.63, 3.8) is 0 Å². The number of aryl methyl sites for hydroxylation is 1. The second kappa shape index (κ2) is 8.75. The number of aliphatic carboxylic acids is 1. The van der Waals surface area contributed by atoms with Crippen LogP contribution in [-0.2, 0) is 16.0 Å². The maximum Gasteiger partial charge on any atom is 0.341 e. The topological polar surface area (TPSA) is 94.1 Å². The van der Waals surface area contributed by atoms with Crippen molar-refractivity contribution in [1.82, 2.24) is 0 Å². The zero-order valence-corrected chi connectivity index (χ0v) is 14.9. The van der Waals surface area contributed by atoms with Gasteiger partial charge in [-0.2, -0.15) is 0 Å². The third-order valence-electron chi connectivity index (χ3n) is 3.70. The fourth-order valence-corrected chi connectivity index (χ4v) is 2.47. The number of hydrogen-bond acceptors (Lipinski definition) is 5. The average molecular weight is 359 g/mol. The summed E-state index contributed by atoms with van der Waals surface area (Å²) in [5.41, 5.74) is 2.04. The van der Waals surface area contributed by atoms with Crippen LogP contribution in [-0.4, -0.2) is 37.8 Å². The predicted molar refractivity (Wildman–Crippen MR) is 96.2 cm³/mol. The van der Waals surface area contributed by atoms with Crippen molar-refractivity contribution in [3.8, 4) is 17.2 Å². The maximum absolute atomic E-state index is 12.4. The number of benzene rings is 2. The van der Waals surface area contributed by atoms with E-state index in [1.807, 2.05) is 0 Å². The number of carbonyl (C=O) groups is 2. The number of carboxylic acid groups (broad SMARTS) is 1. The first kappa shape index (κ1) is 19.1. The van der Waals surface area contributed by atoms with E-state index in [1.165, 1.54) is 14.2 Å². The van der Waals surface area contributed by atoms with E-state index in [1.54, 1.807) is 43.3 Å². The van der Waals surface area contributed by atoms with Gasteiger partial charge in [0.15, 0.2) is 6.61 Å². The largest absolute Gasteiger partial charge is 0.496 e. The highest BCUT2D eigenvalue weighted by Crippen LogP contribution is 2.29. The van der Waals surface area contributed by atoms with E-state index in [-0.39, 0.29) is 12.3 Å². The number of ether oxygens (including phenoxy) is 3. The molecule has 0 fully saturated rings. The molecule has 2 N–H and O–H groups in total. The summed E-state index contributed by atoms with van der Waals surface area (Å²) in [6, 6.07) is 10.3. The van der Waals surface area contributed by atoms with Gasteiger partial charge in [-0.15, -0.1) is 0 Å². The highest BCUT2D eigenvalue weighted by molar-refractivity contribution is 5.93. The molecule has 0 aromatic heterocycles. The lowest BCUT2D eigenvalue weighted by molar-refractivity contribution is -0.139. The van der Waals surface area contributed by atoms with Gasteiger partial charge in [0.2, 0.25) is 5.91 Å². The summed E-state index contributed by atoms with van der Waals surface area (Å²) in [5.74, 6) is 0.303. The Morgan fingerprint density at radius 3 is 2.27 bits per heavy atom. The molecular weight excluding hydrogens is 338 g/mol. The van der Waals surface area contributed by atoms with Gasteiger partial charge in [0, 0.05) is 11.3 Å². The van der Waals surface area contributed by atoms with Gasteiger partial charge in [-0.25, -0.2) is 4.79 Å². The standard InChI is InChI=1S/C19H21NO6/c1-12-9-13(26-11-19(22)23)7-8-15(12)20-18(21)10-14-16(24-2)5-4-6-17(14)25-3/h4-9H,10-11H2,1-3H3,(H,20,21)(H,22,23). The number of anilines is 1.